The minimum atomic E-state index is -0.361. The lowest BCUT2D eigenvalue weighted by atomic mass is 10.2. The number of carbonyl (C=O) groups excluding carboxylic acids is 1. The van der Waals surface area contributed by atoms with Gasteiger partial charge in [-0.3, -0.25) is 0 Å². The van der Waals surface area contributed by atoms with Crippen LogP contribution >= 0.6 is 0 Å². The number of hydrogen-bond donors (Lipinski definition) is 1. The third-order valence-corrected chi connectivity index (χ3v) is 1.73. The molecule has 1 aromatic carbocycles. The van der Waals surface area contributed by atoms with Crippen LogP contribution in [-0.4, -0.2) is 17.7 Å². The van der Waals surface area contributed by atoms with Gasteiger partial charge in [0.05, 0.1) is 6.61 Å². The number of benzene rings is 1. The third kappa shape index (κ3) is 4.31. The molecule has 15 heavy (non-hydrogen) atoms. The number of rotatable bonds is 4. The number of aromatic hydroxyl groups is 1. The summed E-state index contributed by atoms with van der Waals surface area (Å²) in [6, 6.07) is 6.66. The number of phenolic OH excluding ortho intramolecular Hbond substituents is 1. The van der Waals surface area contributed by atoms with Crippen molar-refractivity contribution >= 4 is 12.0 Å². The molecule has 0 atom stereocenters. The van der Waals surface area contributed by atoms with Gasteiger partial charge < -0.3 is 9.84 Å². The van der Waals surface area contributed by atoms with Crippen molar-refractivity contribution in [2.45, 2.75) is 13.3 Å². The lowest BCUT2D eigenvalue weighted by Crippen LogP contribution is -2.00. The van der Waals surface area contributed by atoms with Crippen LogP contribution in [0, 0.1) is 0 Å². The van der Waals surface area contributed by atoms with Crippen LogP contribution in [0.25, 0.3) is 6.08 Å². The van der Waals surface area contributed by atoms with E-state index in [1.54, 1.807) is 30.3 Å². The topological polar surface area (TPSA) is 46.5 Å². The number of hydrogen-bond acceptors (Lipinski definition) is 3. The molecule has 0 fully saturated rings. The standard InChI is InChI=1S/C12H14O3/c1-2-8-15-12(14)7-6-10-4-3-5-11(13)9-10/h3-7,9,13H,2,8H2,1H3/b7-6+. The fourth-order valence-corrected chi connectivity index (χ4v) is 1.04. The highest BCUT2D eigenvalue weighted by atomic mass is 16.5. The second-order valence-electron chi connectivity index (χ2n) is 3.10. The Morgan fingerprint density at radius 3 is 3.00 bits per heavy atom. The minimum absolute atomic E-state index is 0.180. The van der Waals surface area contributed by atoms with Gasteiger partial charge in [-0.25, -0.2) is 4.79 Å². The Hall–Kier alpha value is -1.77. The maximum absolute atomic E-state index is 11.1. The lowest BCUT2D eigenvalue weighted by Gasteiger charge is -1.97. The van der Waals surface area contributed by atoms with Crippen LogP contribution in [0.4, 0.5) is 0 Å². The van der Waals surface area contributed by atoms with E-state index in [4.69, 9.17) is 9.84 Å². The molecule has 3 heteroatoms. The predicted molar refractivity (Wildman–Crippen MR) is 58.4 cm³/mol. The van der Waals surface area contributed by atoms with Crippen molar-refractivity contribution in [2.24, 2.45) is 0 Å². The lowest BCUT2D eigenvalue weighted by molar-refractivity contribution is -0.137. The average molecular weight is 206 g/mol. The highest BCUT2D eigenvalue weighted by Gasteiger charge is 1.95. The molecule has 0 aliphatic rings. The highest BCUT2D eigenvalue weighted by Crippen LogP contribution is 2.11. The maximum atomic E-state index is 11.1. The zero-order chi connectivity index (χ0) is 11.1. The number of carbonyl (C=O) groups is 1. The van der Waals surface area contributed by atoms with Gasteiger partial charge in [-0.15, -0.1) is 0 Å². The maximum Gasteiger partial charge on any atom is 0.330 e. The number of ether oxygens (including phenoxy) is 1. The van der Waals surface area contributed by atoms with Gasteiger partial charge in [0.1, 0.15) is 5.75 Å². The summed E-state index contributed by atoms with van der Waals surface area (Å²) in [5.41, 5.74) is 0.767. The van der Waals surface area contributed by atoms with Crippen molar-refractivity contribution in [3.63, 3.8) is 0 Å². The fourth-order valence-electron chi connectivity index (χ4n) is 1.04. The van der Waals surface area contributed by atoms with Crippen LogP contribution in [0.3, 0.4) is 0 Å². The Morgan fingerprint density at radius 2 is 2.33 bits per heavy atom. The van der Waals surface area contributed by atoms with Crippen molar-refractivity contribution in [1.82, 2.24) is 0 Å². The molecular formula is C12H14O3. The first-order valence-corrected chi connectivity index (χ1v) is 4.86. The van der Waals surface area contributed by atoms with E-state index in [0.29, 0.717) is 6.61 Å². The molecule has 1 rings (SSSR count). The van der Waals surface area contributed by atoms with Crippen LogP contribution in [0.2, 0.25) is 0 Å². The molecule has 0 saturated carbocycles. The molecule has 0 aliphatic heterocycles. The third-order valence-electron chi connectivity index (χ3n) is 1.73. The van der Waals surface area contributed by atoms with Crippen molar-refractivity contribution in [1.29, 1.82) is 0 Å². The van der Waals surface area contributed by atoms with Crippen LogP contribution in [0.5, 0.6) is 5.75 Å². The first-order chi connectivity index (χ1) is 7.22. The number of phenols is 1. The Morgan fingerprint density at radius 1 is 1.53 bits per heavy atom. The Bertz CT molecular complexity index is 356. The molecule has 0 aromatic heterocycles. The summed E-state index contributed by atoms with van der Waals surface area (Å²) in [7, 11) is 0. The summed E-state index contributed by atoms with van der Waals surface area (Å²) in [5, 5.41) is 9.17. The first kappa shape index (κ1) is 11.3. The van der Waals surface area contributed by atoms with Gasteiger partial charge in [0.15, 0.2) is 0 Å². The smallest absolute Gasteiger partial charge is 0.330 e. The van der Waals surface area contributed by atoms with Crippen molar-refractivity contribution < 1.29 is 14.6 Å². The van der Waals surface area contributed by atoms with E-state index in [1.165, 1.54) is 6.08 Å². The minimum Gasteiger partial charge on any atom is -0.508 e. The van der Waals surface area contributed by atoms with Gasteiger partial charge in [0, 0.05) is 6.08 Å². The quantitative estimate of drug-likeness (QED) is 0.607. The summed E-state index contributed by atoms with van der Waals surface area (Å²) in [5.74, 6) is -0.181. The summed E-state index contributed by atoms with van der Waals surface area (Å²) in [4.78, 5) is 11.1. The predicted octanol–water partition coefficient (Wildman–Crippen LogP) is 2.36. The van der Waals surface area contributed by atoms with E-state index in [-0.39, 0.29) is 11.7 Å². The van der Waals surface area contributed by atoms with Gasteiger partial charge >= 0.3 is 5.97 Å². The molecule has 1 N–H and O–H groups in total. The Kier molecular flexibility index (Phi) is 4.41. The second-order valence-corrected chi connectivity index (χ2v) is 3.10. The van der Waals surface area contributed by atoms with Gasteiger partial charge in [-0.2, -0.15) is 0 Å². The molecule has 0 spiro atoms. The van der Waals surface area contributed by atoms with Crippen LogP contribution < -0.4 is 0 Å². The molecule has 0 unspecified atom stereocenters. The average Bonchev–Trinajstić information content (AvgIpc) is 2.23. The molecule has 0 heterocycles. The zero-order valence-electron chi connectivity index (χ0n) is 8.64. The first-order valence-electron chi connectivity index (χ1n) is 4.86. The van der Waals surface area contributed by atoms with Crippen molar-refractivity contribution in [2.75, 3.05) is 6.61 Å². The second kappa shape index (κ2) is 5.86. The van der Waals surface area contributed by atoms with Crippen LogP contribution in [0.15, 0.2) is 30.3 Å². The van der Waals surface area contributed by atoms with Crippen LogP contribution in [-0.2, 0) is 9.53 Å². The molecule has 0 amide bonds. The zero-order valence-corrected chi connectivity index (χ0v) is 8.64. The fraction of sp³-hybridized carbons (Fsp3) is 0.250. The van der Waals surface area contributed by atoms with Gasteiger partial charge in [0.25, 0.3) is 0 Å². The van der Waals surface area contributed by atoms with Crippen molar-refractivity contribution in [3.8, 4) is 5.75 Å². The molecular weight excluding hydrogens is 192 g/mol. The molecule has 0 saturated heterocycles. The monoisotopic (exact) mass is 206 g/mol. The van der Waals surface area contributed by atoms with E-state index in [0.717, 1.165) is 12.0 Å². The normalized spacial score (nSPS) is 10.5. The van der Waals surface area contributed by atoms with E-state index < -0.39 is 0 Å². The number of esters is 1. The molecule has 1 aromatic rings. The molecule has 0 radical (unpaired) electrons. The van der Waals surface area contributed by atoms with Gasteiger partial charge in [0.2, 0.25) is 0 Å². The van der Waals surface area contributed by atoms with Gasteiger partial charge in [-0.05, 0) is 30.2 Å². The van der Waals surface area contributed by atoms with E-state index in [2.05, 4.69) is 0 Å². The summed E-state index contributed by atoms with van der Waals surface area (Å²) >= 11 is 0. The van der Waals surface area contributed by atoms with Crippen molar-refractivity contribution in [3.05, 3.63) is 35.9 Å². The van der Waals surface area contributed by atoms with E-state index >= 15 is 0 Å². The largest absolute Gasteiger partial charge is 0.508 e. The molecule has 0 bridgehead atoms. The summed E-state index contributed by atoms with van der Waals surface area (Å²) < 4.78 is 4.85. The van der Waals surface area contributed by atoms with Crippen LogP contribution in [0.1, 0.15) is 18.9 Å². The molecule has 0 aliphatic carbocycles. The SMILES string of the molecule is CCCOC(=O)/C=C/c1cccc(O)c1. The van der Waals surface area contributed by atoms with E-state index in [1.807, 2.05) is 6.92 Å². The molecule has 80 valence electrons. The summed E-state index contributed by atoms with van der Waals surface area (Å²) in [6.45, 7) is 2.37. The Balaban J connectivity index is 2.53. The van der Waals surface area contributed by atoms with E-state index in [9.17, 15) is 4.79 Å². The summed E-state index contributed by atoms with van der Waals surface area (Å²) in [6.07, 6.45) is 3.77. The highest BCUT2D eigenvalue weighted by molar-refractivity contribution is 5.87. The molecule has 3 nitrogen and oxygen atoms in total. The Labute approximate surface area is 89.0 Å². The van der Waals surface area contributed by atoms with Gasteiger partial charge in [-0.1, -0.05) is 19.1 Å².